The molecular weight excluding hydrogens is 266 g/mol. The Hall–Kier alpha value is -1.16. The highest BCUT2D eigenvalue weighted by molar-refractivity contribution is 7.15. The molecule has 1 aromatic carbocycles. The third kappa shape index (κ3) is 4.17. The summed E-state index contributed by atoms with van der Waals surface area (Å²) in [5, 5.41) is 3.47. The van der Waals surface area contributed by atoms with Gasteiger partial charge in [0.1, 0.15) is 0 Å². The van der Waals surface area contributed by atoms with Crippen LogP contribution in [-0.4, -0.2) is 19.8 Å². The monoisotopic (exact) mass is 289 g/mol. The van der Waals surface area contributed by atoms with Gasteiger partial charge in [0.2, 0.25) is 0 Å². The molecule has 0 amide bonds. The largest absolute Gasteiger partial charge is 0.384 e. The van der Waals surface area contributed by atoms with Crippen LogP contribution in [0, 0.1) is 0 Å². The van der Waals surface area contributed by atoms with Gasteiger partial charge in [0.15, 0.2) is 0 Å². The summed E-state index contributed by atoms with van der Waals surface area (Å²) in [7, 11) is 1.75. The Morgan fingerprint density at radius 2 is 1.95 bits per heavy atom. The van der Waals surface area contributed by atoms with Crippen molar-refractivity contribution in [1.82, 2.24) is 5.32 Å². The zero-order valence-electron chi connectivity index (χ0n) is 12.5. The number of rotatable bonds is 7. The van der Waals surface area contributed by atoms with Crippen LogP contribution in [0.1, 0.15) is 24.3 Å². The van der Waals surface area contributed by atoms with Crippen LogP contribution in [-0.2, 0) is 17.7 Å². The fraction of sp³-hybridized carbons (Fsp3) is 0.412. The summed E-state index contributed by atoms with van der Waals surface area (Å²) in [4.78, 5) is 2.73. The summed E-state index contributed by atoms with van der Waals surface area (Å²) in [5.74, 6) is 0. The molecule has 0 radical (unpaired) electrons. The first-order valence-electron chi connectivity index (χ1n) is 7.10. The molecule has 1 N–H and O–H groups in total. The van der Waals surface area contributed by atoms with Gasteiger partial charge in [-0.3, -0.25) is 0 Å². The van der Waals surface area contributed by atoms with Crippen molar-refractivity contribution in [2.24, 2.45) is 0 Å². The van der Waals surface area contributed by atoms with Gasteiger partial charge in [-0.05, 0) is 29.7 Å². The Kier molecular flexibility index (Phi) is 5.77. The normalized spacial score (nSPS) is 11.2. The second kappa shape index (κ2) is 7.58. The van der Waals surface area contributed by atoms with E-state index in [0.29, 0.717) is 6.04 Å². The fourth-order valence-electron chi connectivity index (χ4n) is 2.11. The van der Waals surface area contributed by atoms with Crippen molar-refractivity contribution in [3.8, 4) is 10.4 Å². The number of nitrogens with one attached hydrogen (secondary N) is 1. The number of methoxy groups -OCH3 is 1. The van der Waals surface area contributed by atoms with E-state index in [2.05, 4.69) is 55.6 Å². The Bertz CT molecular complexity index is 533. The predicted molar refractivity (Wildman–Crippen MR) is 87.3 cm³/mol. The Morgan fingerprint density at radius 3 is 2.70 bits per heavy atom. The van der Waals surface area contributed by atoms with Gasteiger partial charge in [-0.25, -0.2) is 0 Å². The van der Waals surface area contributed by atoms with Gasteiger partial charge in [-0.1, -0.05) is 38.1 Å². The van der Waals surface area contributed by atoms with Crippen molar-refractivity contribution < 1.29 is 4.74 Å². The standard InChI is InChI=1S/C17H23NOS/c1-13(2)18-12-15-8-9-17(20-15)16-7-5-4-6-14(16)10-11-19-3/h4-9,13,18H,10-12H2,1-3H3. The lowest BCUT2D eigenvalue weighted by Crippen LogP contribution is -2.21. The zero-order valence-corrected chi connectivity index (χ0v) is 13.3. The van der Waals surface area contributed by atoms with Crippen molar-refractivity contribution >= 4 is 11.3 Å². The lowest BCUT2D eigenvalue weighted by molar-refractivity contribution is 0.202. The third-order valence-corrected chi connectivity index (χ3v) is 4.32. The maximum atomic E-state index is 5.20. The smallest absolute Gasteiger partial charge is 0.0502 e. The maximum absolute atomic E-state index is 5.20. The van der Waals surface area contributed by atoms with Crippen LogP contribution in [0.4, 0.5) is 0 Å². The first kappa shape index (κ1) is 15.2. The van der Waals surface area contributed by atoms with Gasteiger partial charge in [0, 0.05) is 29.5 Å². The molecule has 2 nitrogen and oxygen atoms in total. The molecule has 0 aliphatic heterocycles. The molecular formula is C17H23NOS. The first-order chi connectivity index (χ1) is 9.70. The molecule has 0 unspecified atom stereocenters. The highest BCUT2D eigenvalue weighted by atomic mass is 32.1. The minimum atomic E-state index is 0.523. The van der Waals surface area contributed by atoms with Crippen LogP contribution in [0.25, 0.3) is 10.4 Å². The second-order valence-electron chi connectivity index (χ2n) is 5.20. The molecule has 0 aliphatic rings. The SMILES string of the molecule is COCCc1ccccc1-c1ccc(CNC(C)C)s1. The molecule has 1 aromatic heterocycles. The Morgan fingerprint density at radius 1 is 1.15 bits per heavy atom. The van der Waals surface area contributed by atoms with E-state index in [1.165, 1.54) is 20.9 Å². The van der Waals surface area contributed by atoms with Gasteiger partial charge < -0.3 is 10.1 Å². The van der Waals surface area contributed by atoms with E-state index in [4.69, 9.17) is 4.74 Å². The van der Waals surface area contributed by atoms with E-state index < -0.39 is 0 Å². The number of ether oxygens (including phenoxy) is 1. The highest BCUT2D eigenvalue weighted by Gasteiger charge is 2.07. The molecule has 0 atom stereocenters. The molecule has 0 saturated carbocycles. The molecule has 0 aliphatic carbocycles. The Balaban J connectivity index is 2.15. The minimum Gasteiger partial charge on any atom is -0.384 e. The van der Waals surface area contributed by atoms with E-state index in [-0.39, 0.29) is 0 Å². The number of hydrogen-bond acceptors (Lipinski definition) is 3. The zero-order chi connectivity index (χ0) is 14.4. The number of benzene rings is 1. The molecule has 3 heteroatoms. The number of hydrogen-bond donors (Lipinski definition) is 1. The molecule has 0 spiro atoms. The fourth-order valence-corrected chi connectivity index (χ4v) is 3.13. The summed E-state index contributed by atoms with van der Waals surface area (Å²) in [5.41, 5.74) is 2.70. The molecule has 2 rings (SSSR count). The van der Waals surface area contributed by atoms with Crippen molar-refractivity contribution in [3.05, 3.63) is 46.8 Å². The molecule has 1 heterocycles. The minimum absolute atomic E-state index is 0.523. The van der Waals surface area contributed by atoms with Gasteiger partial charge in [0.25, 0.3) is 0 Å². The number of thiophene rings is 1. The van der Waals surface area contributed by atoms with E-state index in [1.807, 2.05) is 11.3 Å². The van der Waals surface area contributed by atoms with E-state index in [9.17, 15) is 0 Å². The maximum Gasteiger partial charge on any atom is 0.0502 e. The van der Waals surface area contributed by atoms with Gasteiger partial charge in [-0.15, -0.1) is 11.3 Å². The lowest BCUT2D eigenvalue weighted by Gasteiger charge is -2.07. The lowest BCUT2D eigenvalue weighted by atomic mass is 10.0. The summed E-state index contributed by atoms with van der Waals surface area (Å²) in [6, 6.07) is 13.6. The van der Waals surface area contributed by atoms with Crippen LogP contribution in [0.15, 0.2) is 36.4 Å². The van der Waals surface area contributed by atoms with Gasteiger partial charge in [-0.2, -0.15) is 0 Å². The molecule has 0 bridgehead atoms. The van der Waals surface area contributed by atoms with Crippen molar-refractivity contribution in [3.63, 3.8) is 0 Å². The van der Waals surface area contributed by atoms with Gasteiger partial charge >= 0.3 is 0 Å². The Labute approximate surface area is 125 Å². The highest BCUT2D eigenvalue weighted by Crippen LogP contribution is 2.31. The second-order valence-corrected chi connectivity index (χ2v) is 6.37. The van der Waals surface area contributed by atoms with E-state index in [0.717, 1.165) is 19.6 Å². The van der Waals surface area contributed by atoms with E-state index in [1.54, 1.807) is 7.11 Å². The van der Waals surface area contributed by atoms with Crippen LogP contribution >= 0.6 is 11.3 Å². The van der Waals surface area contributed by atoms with Gasteiger partial charge in [0.05, 0.1) is 6.61 Å². The van der Waals surface area contributed by atoms with E-state index >= 15 is 0 Å². The van der Waals surface area contributed by atoms with Crippen LogP contribution in [0.5, 0.6) is 0 Å². The molecule has 2 aromatic rings. The summed E-state index contributed by atoms with van der Waals surface area (Å²) in [6.45, 7) is 6.07. The summed E-state index contributed by atoms with van der Waals surface area (Å²) in [6.07, 6.45) is 0.962. The average molecular weight is 289 g/mol. The molecule has 0 fully saturated rings. The first-order valence-corrected chi connectivity index (χ1v) is 7.91. The molecule has 20 heavy (non-hydrogen) atoms. The van der Waals surface area contributed by atoms with Crippen molar-refractivity contribution in [1.29, 1.82) is 0 Å². The van der Waals surface area contributed by atoms with Crippen LogP contribution < -0.4 is 5.32 Å². The quantitative estimate of drug-likeness (QED) is 0.828. The molecule has 0 saturated heterocycles. The van der Waals surface area contributed by atoms with Crippen LogP contribution in [0.2, 0.25) is 0 Å². The average Bonchev–Trinajstić information content (AvgIpc) is 2.92. The topological polar surface area (TPSA) is 21.3 Å². The van der Waals surface area contributed by atoms with Crippen LogP contribution in [0.3, 0.4) is 0 Å². The van der Waals surface area contributed by atoms with Crippen molar-refractivity contribution in [2.75, 3.05) is 13.7 Å². The predicted octanol–water partition coefficient (Wildman–Crippen LogP) is 4.10. The molecule has 108 valence electrons. The summed E-state index contributed by atoms with van der Waals surface area (Å²) >= 11 is 1.87. The summed E-state index contributed by atoms with van der Waals surface area (Å²) < 4.78 is 5.20. The van der Waals surface area contributed by atoms with Crippen molar-refractivity contribution in [2.45, 2.75) is 32.9 Å². The third-order valence-electron chi connectivity index (χ3n) is 3.20.